The lowest BCUT2D eigenvalue weighted by atomic mass is 9.68. The van der Waals surface area contributed by atoms with E-state index in [0.29, 0.717) is 43.1 Å². The summed E-state index contributed by atoms with van der Waals surface area (Å²) < 4.78 is 15.6. The fraction of sp³-hybridized carbons (Fsp3) is 0.367. The Morgan fingerprint density at radius 1 is 0.974 bits per heavy atom. The number of halogens is 1. The average molecular weight is 515 g/mol. The molecule has 0 bridgehead atoms. The number of piperidine rings is 1. The Balaban J connectivity index is 1.30. The Kier molecular flexibility index (Phi) is 5.49. The molecule has 0 aliphatic carbocycles. The van der Waals surface area contributed by atoms with Gasteiger partial charge in [0.05, 0.1) is 0 Å². The summed E-state index contributed by atoms with van der Waals surface area (Å²) in [6.45, 7) is 5.70. The third-order valence-electron chi connectivity index (χ3n) is 8.58. The van der Waals surface area contributed by atoms with Gasteiger partial charge in [-0.3, -0.25) is 19.0 Å². The van der Waals surface area contributed by atoms with Gasteiger partial charge in [-0.2, -0.15) is 0 Å². The molecule has 0 unspecified atom stereocenters. The molecular formula is C30H31FN4O3. The van der Waals surface area contributed by atoms with E-state index in [-0.39, 0.29) is 28.6 Å². The first-order chi connectivity index (χ1) is 18.1. The molecule has 3 aromatic rings. The zero-order valence-electron chi connectivity index (χ0n) is 21.9. The second kappa shape index (κ2) is 8.55. The summed E-state index contributed by atoms with van der Waals surface area (Å²) in [6, 6.07) is 15.7. The van der Waals surface area contributed by atoms with E-state index in [0.717, 1.165) is 24.1 Å². The highest BCUT2D eigenvalue weighted by molar-refractivity contribution is 6.08. The Hall–Kier alpha value is -3.94. The number of benzene rings is 2. The molecule has 1 N–H and O–H groups in total. The van der Waals surface area contributed by atoms with Gasteiger partial charge < -0.3 is 15.1 Å². The van der Waals surface area contributed by atoms with E-state index in [1.807, 2.05) is 32.0 Å². The number of fused-ring (bicyclic) bond motifs is 3. The second-order valence-corrected chi connectivity index (χ2v) is 11.5. The summed E-state index contributed by atoms with van der Waals surface area (Å²) in [5.41, 5.74) is 2.94. The van der Waals surface area contributed by atoms with Gasteiger partial charge in [0, 0.05) is 66.9 Å². The quantitative estimate of drug-likeness (QED) is 0.552. The first-order valence-electron chi connectivity index (χ1n) is 13.1. The van der Waals surface area contributed by atoms with Crippen LogP contribution in [-0.4, -0.2) is 36.0 Å². The normalized spacial score (nSPS) is 19.2. The minimum absolute atomic E-state index is 0.0332. The first-order valence-corrected chi connectivity index (χ1v) is 13.1. The van der Waals surface area contributed by atoms with Crippen molar-refractivity contribution in [2.45, 2.75) is 43.9 Å². The topological polar surface area (TPSA) is 74.7 Å². The van der Waals surface area contributed by atoms with E-state index in [9.17, 15) is 18.8 Å². The van der Waals surface area contributed by atoms with E-state index < -0.39 is 5.41 Å². The number of hydrogen-bond acceptors (Lipinski definition) is 4. The van der Waals surface area contributed by atoms with Crippen molar-refractivity contribution in [2.75, 3.05) is 34.8 Å². The zero-order chi connectivity index (χ0) is 26.8. The number of hydrogen-bond donors (Lipinski definition) is 1. The van der Waals surface area contributed by atoms with Crippen molar-refractivity contribution in [1.82, 2.24) is 4.57 Å². The molecular weight excluding hydrogens is 483 g/mol. The van der Waals surface area contributed by atoms with Crippen LogP contribution in [0.1, 0.15) is 54.6 Å². The van der Waals surface area contributed by atoms with Crippen molar-refractivity contribution in [1.29, 1.82) is 0 Å². The van der Waals surface area contributed by atoms with Crippen molar-refractivity contribution < 1.29 is 14.0 Å². The van der Waals surface area contributed by atoms with Gasteiger partial charge in [0.15, 0.2) is 0 Å². The highest BCUT2D eigenvalue weighted by Gasteiger charge is 2.43. The van der Waals surface area contributed by atoms with Crippen LogP contribution in [-0.2, 0) is 22.7 Å². The minimum Gasteiger partial charge on any atom is -0.358 e. The number of amides is 2. The maximum atomic E-state index is 14.0. The standard InChI is InChI=1S/C30H31FN4O3/c1-29(2)18-35(24-9-8-20(31)16-22(24)29)28(38)19-14-26(33(3)27(37)15-19)34-12-10-30(11-13-34)17-25(36)32-23-7-5-4-6-21(23)30/h4-9,14-16H,10-13,17-18H2,1-3H3,(H,32,36). The van der Waals surface area contributed by atoms with Gasteiger partial charge in [-0.25, -0.2) is 4.39 Å². The fourth-order valence-corrected chi connectivity index (χ4v) is 6.50. The molecule has 1 spiro atoms. The fourth-order valence-electron chi connectivity index (χ4n) is 6.50. The number of para-hydroxylation sites is 1. The van der Waals surface area contributed by atoms with Crippen LogP contribution in [0, 0.1) is 5.82 Å². The summed E-state index contributed by atoms with van der Waals surface area (Å²) >= 11 is 0. The summed E-state index contributed by atoms with van der Waals surface area (Å²) in [7, 11) is 1.72. The van der Waals surface area contributed by atoms with Crippen LogP contribution in [0.4, 0.5) is 21.6 Å². The number of anilines is 3. The molecule has 1 fully saturated rings. The molecule has 8 heteroatoms. The number of nitrogens with zero attached hydrogens (tertiary/aromatic N) is 3. The summed E-state index contributed by atoms with van der Waals surface area (Å²) in [6.07, 6.45) is 1.98. The number of nitrogens with one attached hydrogen (secondary N) is 1. The lowest BCUT2D eigenvalue weighted by molar-refractivity contribution is -0.118. The van der Waals surface area contributed by atoms with Crippen molar-refractivity contribution in [3.05, 3.63) is 87.5 Å². The number of aromatic nitrogens is 1. The molecule has 2 amide bonds. The van der Waals surface area contributed by atoms with Gasteiger partial charge in [0.1, 0.15) is 11.6 Å². The Morgan fingerprint density at radius 3 is 2.47 bits per heavy atom. The summed E-state index contributed by atoms with van der Waals surface area (Å²) in [5, 5.41) is 2.99. The highest BCUT2D eigenvalue weighted by atomic mass is 19.1. The zero-order valence-corrected chi connectivity index (χ0v) is 21.9. The molecule has 1 saturated heterocycles. The number of carbonyl (C=O) groups is 2. The molecule has 0 saturated carbocycles. The van der Waals surface area contributed by atoms with Crippen molar-refractivity contribution in [2.24, 2.45) is 7.05 Å². The van der Waals surface area contributed by atoms with E-state index in [1.165, 1.54) is 23.8 Å². The second-order valence-electron chi connectivity index (χ2n) is 11.5. The molecule has 3 aliphatic heterocycles. The van der Waals surface area contributed by atoms with E-state index in [1.54, 1.807) is 28.6 Å². The van der Waals surface area contributed by atoms with Crippen LogP contribution in [0.5, 0.6) is 0 Å². The summed E-state index contributed by atoms with van der Waals surface area (Å²) in [5.74, 6) is 0.115. The van der Waals surface area contributed by atoms with E-state index >= 15 is 0 Å². The predicted octanol–water partition coefficient (Wildman–Crippen LogP) is 4.34. The van der Waals surface area contributed by atoms with Crippen molar-refractivity contribution in [3.8, 4) is 0 Å². The number of carbonyl (C=O) groups excluding carboxylic acids is 2. The highest BCUT2D eigenvalue weighted by Crippen LogP contribution is 2.46. The maximum Gasteiger partial charge on any atom is 0.258 e. The van der Waals surface area contributed by atoms with Gasteiger partial charge in [-0.15, -0.1) is 0 Å². The van der Waals surface area contributed by atoms with E-state index in [2.05, 4.69) is 16.3 Å². The summed E-state index contributed by atoms with van der Waals surface area (Å²) in [4.78, 5) is 43.0. The van der Waals surface area contributed by atoms with Gasteiger partial charge in [-0.05, 0) is 54.3 Å². The van der Waals surface area contributed by atoms with Crippen LogP contribution in [0.15, 0.2) is 59.4 Å². The van der Waals surface area contributed by atoms with Gasteiger partial charge in [0.25, 0.3) is 11.5 Å². The predicted molar refractivity (Wildman–Crippen MR) is 146 cm³/mol. The van der Waals surface area contributed by atoms with Gasteiger partial charge in [-0.1, -0.05) is 32.0 Å². The third kappa shape index (κ3) is 3.81. The molecule has 38 heavy (non-hydrogen) atoms. The van der Waals surface area contributed by atoms with Crippen LogP contribution in [0.25, 0.3) is 0 Å². The molecule has 0 radical (unpaired) electrons. The number of pyridine rings is 1. The van der Waals surface area contributed by atoms with Crippen LogP contribution < -0.4 is 20.7 Å². The molecule has 6 rings (SSSR count). The average Bonchev–Trinajstić information content (AvgIpc) is 3.15. The van der Waals surface area contributed by atoms with E-state index in [4.69, 9.17) is 0 Å². The van der Waals surface area contributed by atoms with Crippen molar-refractivity contribution in [3.63, 3.8) is 0 Å². The number of rotatable bonds is 2. The lowest BCUT2D eigenvalue weighted by Gasteiger charge is -2.45. The van der Waals surface area contributed by atoms with Crippen molar-refractivity contribution >= 4 is 29.0 Å². The van der Waals surface area contributed by atoms with Gasteiger partial charge in [0.2, 0.25) is 5.91 Å². The van der Waals surface area contributed by atoms with Crippen LogP contribution in [0.2, 0.25) is 0 Å². The maximum absolute atomic E-state index is 14.0. The minimum atomic E-state index is -0.403. The SMILES string of the molecule is Cn1c(N2CCC3(CC2)CC(=O)Nc2ccccc23)cc(C(=O)N2CC(C)(C)c3cc(F)ccc32)cc1=O. The van der Waals surface area contributed by atoms with Gasteiger partial charge >= 0.3 is 0 Å². The molecule has 7 nitrogen and oxygen atoms in total. The smallest absolute Gasteiger partial charge is 0.258 e. The molecule has 4 heterocycles. The Bertz CT molecular complexity index is 1530. The van der Waals surface area contributed by atoms with Crippen LogP contribution >= 0.6 is 0 Å². The first kappa shape index (κ1) is 24.4. The Morgan fingerprint density at radius 2 is 1.71 bits per heavy atom. The lowest BCUT2D eigenvalue weighted by Crippen LogP contribution is -2.48. The molecule has 0 atom stereocenters. The monoisotopic (exact) mass is 514 g/mol. The molecule has 196 valence electrons. The molecule has 1 aromatic heterocycles. The molecule has 3 aliphatic rings. The largest absolute Gasteiger partial charge is 0.358 e. The van der Waals surface area contributed by atoms with Crippen LogP contribution in [0.3, 0.4) is 0 Å². The Labute approximate surface area is 220 Å². The third-order valence-corrected chi connectivity index (χ3v) is 8.58. The molecule has 2 aromatic carbocycles.